The number of ether oxygens (including phenoxy) is 1. The molecule has 0 aliphatic carbocycles. The van der Waals surface area contributed by atoms with E-state index in [1.165, 1.54) is 0 Å². The van der Waals surface area contributed by atoms with Gasteiger partial charge in [0.1, 0.15) is 5.75 Å². The topological polar surface area (TPSA) is 61.9 Å². The Morgan fingerprint density at radius 1 is 1.20 bits per heavy atom. The van der Waals surface area contributed by atoms with Gasteiger partial charge in [0.05, 0.1) is 6.54 Å². The van der Waals surface area contributed by atoms with E-state index < -0.39 is 6.10 Å². The maximum atomic E-state index is 12.9. The molecule has 0 saturated carbocycles. The van der Waals surface area contributed by atoms with E-state index in [0.717, 1.165) is 24.3 Å². The molecule has 6 heteroatoms. The number of amides is 2. The van der Waals surface area contributed by atoms with Gasteiger partial charge in [-0.05, 0) is 31.4 Å². The number of nitrogens with one attached hydrogen (secondary N) is 1. The van der Waals surface area contributed by atoms with Crippen LogP contribution >= 0.6 is 0 Å². The molecule has 6 nitrogen and oxygen atoms in total. The number of hydrogen-bond acceptors (Lipinski definition) is 4. The Hall–Kier alpha value is -2.08. The number of nitrogens with zero attached hydrogens (tertiary/aromatic N) is 2. The van der Waals surface area contributed by atoms with E-state index in [4.69, 9.17) is 4.74 Å². The normalized spacial score (nSPS) is 16.8. The summed E-state index contributed by atoms with van der Waals surface area (Å²) in [5.74, 6) is 0.806. The molecule has 0 radical (unpaired) electrons. The predicted molar refractivity (Wildman–Crippen MR) is 97.6 cm³/mol. The van der Waals surface area contributed by atoms with Crippen LogP contribution < -0.4 is 10.1 Å². The molecular formula is C19H29N3O3. The molecule has 0 spiro atoms. The highest BCUT2D eigenvalue weighted by Gasteiger charge is 2.27. The van der Waals surface area contributed by atoms with Crippen LogP contribution in [0.2, 0.25) is 0 Å². The van der Waals surface area contributed by atoms with Crippen molar-refractivity contribution < 1.29 is 14.3 Å². The molecule has 0 bridgehead atoms. The van der Waals surface area contributed by atoms with Crippen LogP contribution in [0.1, 0.15) is 25.3 Å². The van der Waals surface area contributed by atoms with Gasteiger partial charge in [-0.1, -0.05) is 25.1 Å². The Morgan fingerprint density at radius 2 is 1.96 bits per heavy atom. The van der Waals surface area contributed by atoms with E-state index >= 15 is 0 Å². The average Bonchev–Trinajstić information content (AvgIpc) is 2.86. The molecule has 2 amide bonds. The van der Waals surface area contributed by atoms with Crippen molar-refractivity contribution in [2.75, 3.05) is 39.8 Å². The molecule has 1 heterocycles. The van der Waals surface area contributed by atoms with E-state index in [9.17, 15) is 9.59 Å². The maximum absolute atomic E-state index is 12.9. The molecule has 1 N–H and O–H groups in total. The molecule has 138 valence electrons. The number of para-hydroxylation sites is 1. The largest absolute Gasteiger partial charge is 0.480 e. The minimum Gasteiger partial charge on any atom is -0.480 e. The second kappa shape index (κ2) is 9.42. The summed E-state index contributed by atoms with van der Waals surface area (Å²) >= 11 is 0. The second-order valence-corrected chi connectivity index (χ2v) is 6.41. The monoisotopic (exact) mass is 347 g/mol. The van der Waals surface area contributed by atoms with Gasteiger partial charge in [0.25, 0.3) is 5.91 Å². The summed E-state index contributed by atoms with van der Waals surface area (Å²) < 4.78 is 5.99. The van der Waals surface area contributed by atoms with Crippen LogP contribution in [0.3, 0.4) is 0 Å². The summed E-state index contributed by atoms with van der Waals surface area (Å²) in [6.07, 6.45) is 1.03. The molecule has 1 unspecified atom stereocenters. The first-order chi connectivity index (χ1) is 12.0. The number of benzene rings is 1. The maximum Gasteiger partial charge on any atom is 0.263 e. The van der Waals surface area contributed by atoms with Gasteiger partial charge in [0, 0.05) is 33.2 Å². The summed E-state index contributed by atoms with van der Waals surface area (Å²) in [5.41, 5.74) is 1.03. The molecule has 0 aromatic heterocycles. The van der Waals surface area contributed by atoms with Crippen molar-refractivity contribution in [2.24, 2.45) is 0 Å². The van der Waals surface area contributed by atoms with Crippen LogP contribution in [-0.4, -0.2) is 67.5 Å². The number of hydrogen-bond donors (Lipinski definition) is 1. The Balaban J connectivity index is 1.96. The molecular weight excluding hydrogens is 318 g/mol. The lowest BCUT2D eigenvalue weighted by atomic mass is 10.2. The zero-order valence-electron chi connectivity index (χ0n) is 15.5. The average molecular weight is 347 g/mol. The van der Waals surface area contributed by atoms with Gasteiger partial charge in [0.2, 0.25) is 5.91 Å². The standard InChI is InChI=1S/C19H29N3O3/c1-4-16(25-17-9-6-5-8-15(17)2)19(24)22-11-7-10-21(12-13-22)14-18(23)20-3/h5-6,8-9,16H,4,7,10-14H2,1-3H3,(H,20,23). The van der Waals surface area contributed by atoms with Crippen molar-refractivity contribution >= 4 is 11.8 Å². The van der Waals surface area contributed by atoms with Crippen molar-refractivity contribution in [3.8, 4) is 5.75 Å². The lowest BCUT2D eigenvalue weighted by molar-refractivity contribution is -0.138. The minimum atomic E-state index is -0.466. The SMILES string of the molecule is CCC(Oc1ccccc1C)C(=O)N1CCCN(CC(=O)NC)CC1. The Labute approximate surface area is 150 Å². The third-order valence-corrected chi connectivity index (χ3v) is 4.56. The number of rotatable bonds is 6. The van der Waals surface area contributed by atoms with Crippen LogP contribution in [0.4, 0.5) is 0 Å². The zero-order chi connectivity index (χ0) is 18.2. The minimum absolute atomic E-state index is 0.00842. The third-order valence-electron chi connectivity index (χ3n) is 4.56. The Morgan fingerprint density at radius 3 is 2.64 bits per heavy atom. The van der Waals surface area contributed by atoms with Crippen molar-refractivity contribution in [3.63, 3.8) is 0 Å². The summed E-state index contributed by atoms with van der Waals surface area (Å²) in [6, 6.07) is 7.76. The van der Waals surface area contributed by atoms with Gasteiger partial charge in [-0.25, -0.2) is 0 Å². The zero-order valence-corrected chi connectivity index (χ0v) is 15.5. The Bertz CT molecular complexity index is 591. The number of carbonyl (C=O) groups excluding carboxylic acids is 2. The fraction of sp³-hybridized carbons (Fsp3) is 0.579. The number of carbonyl (C=O) groups is 2. The Kier molecular flexibility index (Phi) is 7.25. The van der Waals surface area contributed by atoms with Crippen LogP contribution in [0.15, 0.2) is 24.3 Å². The molecule has 1 atom stereocenters. The van der Waals surface area contributed by atoms with Crippen LogP contribution in [0.5, 0.6) is 5.75 Å². The predicted octanol–water partition coefficient (Wildman–Crippen LogP) is 1.43. The molecule has 1 saturated heterocycles. The van der Waals surface area contributed by atoms with E-state index in [-0.39, 0.29) is 11.8 Å². The van der Waals surface area contributed by atoms with Gasteiger partial charge >= 0.3 is 0 Å². The smallest absolute Gasteiger partial charge is 0.263 e. The van der Waals surface area contributed by atoms with Crippen LogP contribution in [0.25, 0.3) is 0 Å². The van der Waals surface area contributed by atoms with E-state index in [1.54, 1.807) is 7.05 Å². The summed E-state index contributed by atoms with van der Waals surface area (Å²) in [7, 11) is 1.64. The fourth-order valence-corrected chi connectivity index (χ4v) is 2.99. The number of aryl methyl sites for hydroxylation is 1. The summed E-state index contributed by atoms with van der Waals surface area (Å²) in [4.78, 5) is 28.4. The van der Waals surface area contributed by atoms with Crippen molar-refractivity contribution in [3.05, 3.63) is 29.8 Å². The first-order valence-corrected chi connectivity index (χ1v) is 8.99. The van der Waals surface area contributed by atoms with Gasteiger partial charge in [-0.3, -0.25) is 14.5 Å². The summed E-state index contributed by atoms with van der Waals surface area (Å²) in [6.45, 7) is 7.20. The fourth-order valence-electron chi connectivity index (χ4n) is 2.99. The molecule has 1 fully saturated rings. The lowest BCUT2D eigenvalue weighted by Gasteiger charge is -2.26. The second-order valence-electron chi connectivity index (χ2n) is 6.41. The van der Waals surface area contributed by atoms with E-state index in [0.29, 0.717) is 32.6 Å². The lowest BCUT2D eigenvalue weighted by Crippen LogP contribution is -2.44. The summed E-state index contributed by atoms with van der Waals surface area (Å²) in [5, 5.41) is 2.65. The highest BCUT2D eigenvalue weighted by Crippen LogP contribution is 2.20. The van der Waals surface area contributed by atoms with Gasteiger partial charge in [-0.15, -0.1) is 0 Å². The highest BCUT2D eigenvalue weighted by atomic mass is 16.5. The van der Waals surface area contributed by atoms with Gasteiger partial charge < -0.3 is 15.0 Å². The quantitative estimate of drug-likeness (QED) is 0.846. The van der Waals surface area contributed by atoms with Crippen LogP contribution in [0, 0.1) is 6.92 Å². The molecule has 2 rings (SSSR count). The van der Waals surface area contributed by atoms with E-state index in [2.05, 4.69) is 10.2 Å². The number of likely N-dealkylation sites (N-methyl/N-ethyl adjacent to an activating group) is 1. The third kappa shape index (κ3) is 5.46. The molecule has 1 aromatic carbocycles. The van der Waals surface area contributed by atoms with Gasteiger partial charge in [0.15, 0.2) is 6.10 Å². The van der Waals surface area contributed by atoms with Crippen molar-refractivity contribution in [2.45, 2.75) is 32.8 Å². The molecule has 1 aliphatic rings. The van der Waals surface area contributed by atoms with Crippen molar-refractivity contribution in [1.82, 2.24) is 15.1 Å². The highest BCUT2D eigenvalue weighted by molar-refractivity contribution is 5.81. The first-order valence-electron chi connectivity index (χ1n) is 8.99. The molecule has 1 aliphatic heterocycles. The van der Waals surface area contributed by atoms with Crippen LogP contribution in [-0.2, 0) is 9.59 Å². The molecule has 1 aromatic rings. The van der Waals surface area contributed by atoms with Gasteiger partial charge in [-0.2, -0.15) is 0 Å². The van der Waals surface area contributed by atoms with E-state index in [1.807, 2.05) is 43.0 Å². The molecule has 25 heavy (non-hydrogen) atoms. The first kappa shape index (κ1) is 19.2. The van der Waals surface area contributed by atoms with Crippen molar-refractivity contribution in [1.29, 1.82) is 0 Å².